The van der Waals surface area contributed by atoms with Crippen LogP contribution in [-0.4, -0.2) is 33.4 Å². The molecule has 0 atom stereocenters. The predicted molar refractivity (Wildman–Crippen MR) is 61.5 cm³/mol. The maximum atomic E-state index is 12.0. The molecule has 2 rings (SSSR count). The van der Waals surface area contributed by atoms with Crippen molar-refractivity contribution < 1.29 is 8.42 Å². The standard InChI is InChI=1S/C8H13N7O2S/c1-15-5-11-13-7(15)4-12-18(16,17)8-6(2-9)3-10-14-8/h3,5,12H,2,4,9H2,1H3,(H,10,14). The van der Waals surface area contributed by atoms with Crippen LogP contribution in [0.4, 0.5) is 0 Å². The molecule has 10 heteroatoms. The van der Waals surface area contributed by atoms with Gasteiger partial charge >= 0.3 is 0 Å². The monoisotopic (exact) mass is 271 g/mol. The average Bonchev–Trinajstić information content (AvgIpc) is 2.95. The van der Waals surface area contributed by atoms with Crippen LogP contribution in [0.25, 0.3) is 0 Å². The molecule has 0 fully saturated rings. The second-order valence-electron chi connectivity index (χ2n) is 3.61. The average molecular weight is 271 g/mol. The van der Waals surface area contributed by atoms with Crippen LogP contribution in [0.1, 0.15) is 11.4 Å². The van der Waals surface area contributed by atoms with E-state index in [1.165, 1.54) is 12.5 Å². The van der Waals surface area contributed by atoms with Crippen LogP contribution in [0.15, 0.2) is 17.6 Å². The van der Waals surface area contributed by atoms with E-state index in [9.17, 15) is 8.42 Å². The van der Waals surface area contributed by atoms with Crippen LogP contribution in [0.3, 0.4) is 0 Å². The van der Waals surface area contributed by atoms with Gasteiger partial charge in [-0.05, 0) is 0 Å². The maximum Gasteiger partial charge on any atom is 0.258 e. The van der Waals surface area contributed by atoms with Crippen molar-refractivity contribution in [2.24, 2.45) is 12.8 Å². The topological polar surface area (TPSA) is 132 Å². The fraction of sp³-hybridized carbons (Fsp3) is 0.375. The number of nitrogens with two attached hydrogens (primary N) is 1. The first-order chi connectivity index (χ1) is 8.54. The molecule has 0 bridgehead atoms. The highest BCUT2D eigenvalue weighted by atomic mass is 32.2. The van der Waals surface area contributed by atoms with Crippen molar-refractivity contribution in [1.82, 2.24) is 29.7 Å². The minimum atomic E-state index is -3.68. The highest BCUT2D eigenvalue weighted by molar-refractivity contribution is 7.89. The van der Waals surface area contributed by atoms with E-state index in [-0.39, 0.29) is 18.1 Å². The fourth-order valence-electron chi connectivity index (χ4n) is 1.38. The van der Waals surface area contributed by atoms with E-state index in [1.807, 2.05) is 0 Å². The van der Waals surface area contributed by atoms with Crippen LogP contribution in [0.5, 0.6) is 0 Å². The molecule has 0 radical (unpaired) electrons. The van der Waals surface area contributed by atoms with Gasteiger partial charge in [0, 0.05) is 19.2 Å². The Balaban J connectivity index is 2.16. The third kappa shape index (κ3) is 2.39. The Labute approximate surface area is 103 Å². The lowest BCUT2D eigenvalue weighted by Gasteiger charge is -2.05. The SMILES string of the molecule is Cn1cnnc1CNS(=O)(=O)c1[nH]ncc1CN. The van der Waals surface area contributed by atoms with Gasteiger partial charge in [0.25, 0.3) is 10.0 Å². The van der Waals surface area contributed by atoms with Crippen LogP contribution in [0, 0.1) is 0 Å². The molecule has 2 heterocycles. The number of aromatic amines is 1. The second-order valence-corrected chi connectivity index (χ2v) is 5.31. The van der Waals surface area contributed by atoms with Gasteiger partial charge < -0.3 is 10.3 Å². The molecule has 0 unspecified atom stereocenters. The van der Waals surface area contributed by atoms with Gasteiger partial charge in [0.15, 0.2) is 5.03 Å². The number of aromatic nitrogens is 5. The van der Waals surface area contributed by atoms with Crippen molar-refractivity contribution >= 4 is 10.0 Å². The van der Waals surface area contributed by atoms with E-state index in [0.717, 1.165) is 0 Å². The lowest BCUT2D eigenvalue weighted by Crippen LogP contribution is -2.26. The lowest BCUT2D eigenvalue weighted by atomic mass is 10.4. The molecule has 18 heavy (non-hydrogen) atoms. The first kappa shape index (κ1) is 12.7. The molecule has 0 amide bonds. The summed E-state index contributed by atoms with van der Waals surface area (Å²) in [7, 11) is -1.95. The molecule has 4 N–H and O–H groups in total. The molecule has 98 valence electrons. The quantitative estimate of drug-likeness (QED) is 0.605. The van der Waals surface area contributed by atoms with Crippen LogP contribution in [-0.2, 0) is 30.2 Å². The molecule has 0 aliphatic carbocycles. The van der Waals surface area contributed by atoms with Crippen LogP contribution < -0.4 is 10.5 Å². The lowest BCUT2D eigenvalue weighted by molar-refractivity contribution is 0.571. The molecule has 9 nitrogen and oxygen atoms in total. The van der Waals surface area contributed by atoms with Crippen molar-refractivity contribution in [2.45, 2.75) is 18.1 Å². The summed E-state index contributed by atoms with van der Waals surface area (Å²) < 4.78 is 28.0. The van der Waals surface area contributed by atoms with Crippen molar-refractivity contribution in [2.75, 3.05) is 0 Å². The highest BCUT2D eigenvalue weighted by Gasteiger charge is 2.20. The van der Waals surface area contributed by atoms with Crippen molar-refractivity contribution in [3.63, 3.8) is 0 Å². The third-order valence-corrected chi connectivity index (χ3v) is 3.81. The van der Waals surface area contributed by atoms with E-state index in [0.29, 0.717) is 11.4 Å². The van der Waals surface area contributed by atoms with Gasteiger partial charge in [-0.3, -0.25) is 5.10 Å². The number of nitrogens with zero attached hydrogens (tertiary/aromatic N) is 4. The summed E-state index contributed by atoms with van der Waals surface area (Å²) in [5, 5.41) is 13.5. The fourth-order valence-corrected chi connectivity index (χ4v) is 2.49. The molecule has 0 saturated heterocycles. The van der Waals surface area contributed by atoms with Crippen LogP contribution in [0.2, 0.25) is 0 Å². The van der Waals surface area contributed by atoms with Gasteiger partial charge in [-0.2, -0.15) is 5.10 Å². The first-order valence-corrected chi connectivity index (χ1v) is 6.57. The Morgan fingerprint density at radius 2 is 2.33 bits per heavy atom. The van der Waals surface area contributed by atoms with E-state index in [2.05, 4.69) is 25.1 Å². The molecule has 0 aromatic carbocycles. The number of nitrogens with one attached hydrogen (secondary N) is 2. The Bertz CT molecular complexity index is 629. The summed E-state index contributed by atoms with van der Waals surface area (Å²) >= 11 is 0. The van der Waals surface area contributed by atoms with Gasteiger partial charge in [-0.15, -0.1) is 10.2 Å². The number of H-pyrrole nitrogens is 1. The van der Waals surface area contributed by atoms with E-state index < -0.39 is 10.0 Å². The van der Waals surface area contributed by atoms with E-state index >= 15 is 0 Å². The van der Waals surface area contributed by atoms with Gasteiger partial charge in [0.05, 0.1) is 12.7 Å². The summed E-state index contributed by atoms with van der Waals surface area (Å²) in [5.74, 6) is 0.507. The summed E-state index contributed by atoms with van der Waals surface area (Å²) in [6.07, 6.45) is 2.88. The minimum absolute atomic E-state index is 0.0211. The van der Waals surface area contributed by atoms with E-state index in [4.69, 9.17) is 5.73 Å². The highest BCUT2D eigenvalue weighted by Crippen LogP contribution is 2.10. The molecule has 2 aromatic rings. The molecular weight excluding hydrogens is 258 g/mol. The number of hydrogen-bond acceptors (Lipinski definition) is 6. The minimum Gasteiger partial charge on any atom is -0.326 e. The van der Waals surface area contributed by atoms with Crippen molar-refractivity contribution in [3.05, 3.63) is 23.9 Å². The summed E-state index contributed by atoms with van der Waals surface area (Å²) in [6.45, 7) is 0.137. The maximum absolute atomic E-state index is 12.0. The molecular formula is C8H13N7O2S. The van der Waals surface area contributed by atoms with Gasteiger partial charge in [-0.1, -0.05) is 0 Å². The Morgan fingerprint density at radius 1 is 1.56 bits per heavy atom. The number of rotatable bonds is 5. The third-order valence-electron chi connectivity index (χ3n) is 2.39. The Kier molecular flexibility index (Phi) is 3.41. The summed E-state index contributed by atoms with van der Waals surface area (Å²) in [4.78, 5) is 0. The predicted octanol–water partition coefficient (Wildman–Crippen LogP) is -1.52. The zero-order valence-electron chi connectivity index (χ0n) is 9.66. The number of aryl methyl sites for hydroxylation is 1. The first-order valence-electron chi connectivity index (χ1n) is 5.09. The zero-order valence-corrected chi connectivity index (χ0v) is 10.5. The molecule has 2 aromatic heterocycles. The van der Waals surface area contributed by atoms with E-state index in [1.54, 1.807) is 11.6 Å². The van der Waals surface area contributed by atoms with Crippen molar-refractivity contribution in [3.8, 4) is 0 Å². The second kappa shape index (κ2) is 4.84. The van der Waals surface area contributed by atoms with Crippen LogP contribution >= 0.6 is 0 Å². The van der Waals surface area contributed by atoms with Gasteiger partial charge in [0.2, 0.25) is 0 Å². The van der Waals surface area contributed by atoms with Gasteiger partial charge in [-0.25, -0.2) is 13.1 Å². The number of hydrogen-bond donors (Lipinski definition) is 3. The van der Waals surface area contributed by atoms with Crippen molar-refractivity contribution in [1.29, 1.82) is 0 Å². The molecule has 0 aliphatic rings. The van der Waals surface area contributed by atoms with Gasteiger partial charge in [0.1, 0.15) is 12.2 Å². The summed E-state index contributed by atoms with van der Waals surface area (Å²) in [5.41, 5.74) is 5.86. The Hall–Kier alpha value is -1.78. The smallest absolute Gasteiger partial charge is 0.258 e. The number of sulfonamides is 1. The zero-order chi connectivity index (χ0) is 13.2. The summed E-state index contributed by atoms with van der Waals surface area (Å²) in [6, 6.07) is 0. The molecule has 0 aliphatic heterocycles. The molecule has 0 saturated carbocycles. The molecule has 0 spiro atoms. The normalized spacial score (nSPS) is 11.9. The Morgan fingerprint density at radius 3 is 2.94 bits per heavy atom. The largest absolute Gasteiger partial charge is 0.326 e.